The van der Waals surface area contributed by atoms with Crippen LogP contribution < -0.4 is 10.5 Å². The molecule has 1 heterocycles. The predicted molar refractivity (Wildman–Crippen MR) is 95.0 cm³/mol. The van der Waals surface area contributed by atoms with Gasteiger partial charge in [-0.25, -0.2) is 0 Å². The summed E-state index contributed by atoms with van der Waals surface area (Å²) in [5, 5.41) is -0.525. The maximum absolute atomic E-state index is 12.3. The zero-order valence-corrected chi connectivity index (χ0v) is 15.1. The minimum Gasteiger partial charge on any atom is -0.484 e. The molecule has 0 bridgehead atoms. The van der Waals surface area contributed by atoms with E-state index in [1.54, 1.807) is 38.1 Å². The lowest BCUT2D eigenvalue weighted by Gasteiger charge is -2.13. The van der Waals surface area contributed by atoms with Crippen molar-refractivity contribution < 1.29 is 28.7 Å². The number of hydrogen-bond donors (Lipinski definition) is 1. The van der Waals surface area contributed by atoms with Crippen molar-refractivity contribution in [1.82, 2.24) is 4.90 Å². The van der Waals surface area contributed by atoms with Crippen LogP contribution in [-0.2, 0) is 19.1 Å². The third kappa shape index (κ3) is 5.35. The quantitative estimate of drug-likeness (QED) is 0.565. The summed E-state index contributed by atoms with van der Waals surface area (Å²) < 4.78 is 10.1. The van der Waals surface area contributed by atoms with Gasteiger partial charge in [-0.2, -0.15) is 0 Å². The zero-order valence-electron chi connectivity index (χ0n) is 14.3. The normalized spacial score (nSPS) is 15.7. The predicted octanol–water partition coefficient (Wildman–Crippen LogP) is 1.54. The summed E-state index contributed by atoms with van der Waals surface area (Å²) in [6, 6.07) is 6.55. The molecule has 2 rings (SSSR count). The van der Waals surface area contributed by atoms with Gasteiger partial charge in [0.15, 0.2) is 6.61 Å². The molecule has 2 N–H and O–H groups in total. The molecule has 0 saturated carbocycles. The summed E-state index contributed by atoms with van der Waals surface area (Å²) in [4.78, 5) is 47.7. The van der Waals surface area contributed by atoms with Crippen molar-refractivity contribution in [2.45, 2.75) is 20.0 Å². The van der Waals surface area contributed by atoms with Gasteiger partial charge in [0.05, 0.1) is 11.0 Å². The molecule has 1 saturated heterocycles. The second kappa shape index (κ2) is 8.52. The molecule has 0 aliphatic carbocycles. The molecule has 26 heavy (non-hydrogen) atoms. The molecular weight excluding hydrogens is 360 g/mol. The minimum absolute atomic E-state index is 0.207. The number of benzene rings is 1. The molecule has 0 radical (unpaired) electrons. The summed E-state index contributed by atoms with van der Waals surface area (Å²) in [6.07, 6.45) is 1.21. The van der Waals surface area contributed by atoms with Crippen LogP contribution in [0.25, 0.3) is 6.08 Å². The van der Waals surface area contributed by atoms with Crippen molar-refractivity contribution in [3.05, 3.63) is 34.7 Å². The largest absolute Gasteiger partial charge is 0.484 e. The number of amides is 3. The first-order valence-corrected chi connectivity index (χ1v) is 8.54. The number of nitrogens with zero attached hydrogens (tertiary/aromatic N) is 1. The van der Waals surface area contributed by atoms with Gasteiger partial charge in [-0.3, -0.25) is 24.1 Å². The van der Waals surface area contributed by atoms with Crippen molar-refractivity contribution in [1.29, 1.82) is 0 Å². The number of imide groups is 1. The molecule has 1 aromatic rings. The fourth-order valence-corrected chi connectivity index (χ4v) is 2.87. The Morgan fingerprint density at radius 3 is 2.46 bits per heavy atom. The highest BCUT2D eigenvalue weighted by Crippen LogP contribution is 2.32. The number of rotatable bonds is 7. The van der Waals surface area contributed by atoms with Crippen LogP contribution in [-0.4, -0.2) is 47.2 Å². The van der Waals surface area contributed by atoms with E-state index in [2.05, 4.69) is 0 Å². The van der Waals surface area contributed by atoms with Gasteiger partial charge in [-0.15, -0.1) is 0 Å². The lowest BCUT2D eigenvalue weighted by Crippen LogP contribution is -2.35. The van der Waals surface area contributed by atoms with Crippen LogP contribution in [0.4, 0.5) is 4.79 Å². The molecule has 0 unspecified atom stereocenters. The fraction of sp³-hybridized carbons (Fsp3) is 0.294. The van der Waals surface area contributed by atoms with E-state index in [-0.39, 0.29) is 17.6 Å². The average molecular weight is 378 g/mol. The van der Waals surface area contributed by atoms with Crippen molar-refractivity contribution in [2.24, 2.45) is 5.73 Å². The molecule has 0 spiro atoms. The number of ether oxygens (including phenoxy) is 2. The van der Waals surface area contributed by atoms with Gasteiger partial charge in [0.25, 0.3) is 17.1 Å². The first kappa shape index (κ1) is 19.5. The summed E-state index contributed by atoms with van der Waals surface area (Å²) in [6.45, 7) is 2.72. The maximum atomic E-state index is 12.3. The van der Waals surface area contributed by atoms with Crippen LogP contribution in [0.3, 0.4) is 0 Å². The number of carbonyl (C=O) groups is 4. The lowest BCUT2D eigenvalue weighted by molar-refractivity contribution is -0.149. The standard InChI is InChI=1S/C17H18N2O6S/c1-10(2)25-15(21)8-19-16(22)13(26-17(19)23)7-11-3-5-12(6-4-11)24-9-14(18)20/h3-7,10H,8-9H2,1-2H3,(H2,18,20)/b13-7+. The summed E-state index contributed by atoms with van der Waals surface area (Å²) in [5.74, 6) is -1.32. The van der Waals surface area contributed by atoms with Gasteiger partial charge >= 0.3 is 5.97 Å². The number of nitrogens with two attached hydrogens (primary N) is 1. The second-order valence-corrected chi connectivity index (χ2v) is 6.62. The van der Waals surface area contributed by atoms with Crippen LogP contribution in [0.5, 0.6) is 5.75 Å². The van der Waals surface area contributed by atoms with E-state index in [0.717, 1.165) is 16.7 Å². The molecule has 138 valence electrons. The third-order valence-corrected chi connectivity index (χ3v) is 3.99. The Hall–Kier alpha value is -2.81. The van der Waals surface area contributed by atoms with E-state index >= 15 is 0 Å². The number of esters is 1. The number of hydrogen-bond acceptors (Lipinski definition) is 7. The SMILES string of the molecule is CC(C)OC(=O)CN1C(=O)S/C(=C/c2ccc(OCC(N)=O)cc2)C1=O. The fourth-order valence-electron chi connectivity index (χ4n) is 2.03. The Morgan fingerprint density at radius 1 is 1.23 bits per heavy atom. The van der Waals surface area contributed by atoms with Crippen LogP contribution in [0, 0.1) is 0 Å². The van der Waals surface area contributed by atoms with Gasteiger partial charge in [0, 0.05) is 0 Å². The summed E-state index contributed by atoms with van der Waals surface area (Å²) >= 11 is 0.754. The van der Waals surface area contributed by atoms with Crippen LogP contribution >= 0.6 is 11.8 Å². The summed E-state index contributed by atoms with van der Waals surface area (Å²) in [7, 11) is 0. The molecule has 9 heteroatoms. The van der Waals surface area contributed by atoms with Gasteiger partial charge in [-0.05, 0) is 49.4 Å². The van der Waals surface area contributed by atoms with Crippen molar-refractivity contribution >= 4 is 40.9 Å². The first-order chi connectivity index (χ1) is 12.3. The van der Waals surface area contributed by atoms with Crippen LogP contribution in [0.15, 0.2) is 29.2 Å². The number of carbonyl (C=O) groups excluding carboxylic acids is 4. The lowest BCUT2D eigenvalue weighted by atomic mass is 10.2. The molecule has 1 fully saturated rings. The maximum Gasteiger partial charge on any atom is 0.326 e. The monoisotopic (exact) mass is 378 g/mol. The van der Waals surface area contributed by atoms with E-state index < -0.39 is 29.6 Å². The topological polar surface area (TPSA) is 116 Å². The van der Waals surface area contributed by atoms with E-state index in [1.807, 2.05) is 0 Å². The van der Waals surface area contributed by atoms with Gasteiger partial charge in [-0.1, -0.05) is 12.1 Å². The minimum atomic E-state index is -0.639. The number of primary amides is 1. The van der Waals surface area contributed by atoms with Crippen LogP contribution in [0.2, 0.25) is 0 Å². The Balaban J connectivity index is 2.04. The van der Waals surface area contributed by atoms with Gasteiger partial charge in [0.2, 0.25) is 0 Å². The van der Waals surface area contributed by atoms with Crippen LogP contribution in [0.1, 0.15) is 19.4 Å². The highest BCUT2D eigenvalue weighted by Gasteiger charge is 2.36. The van der Waals surface area contributed by atoms with E-state index in [9.17, 15) is 19.2 Å². The van der Waals surface area contributed by atoms with E-state index in [0.29, 0.717) is 11.3 Å². The Bertz CT molecular complexity index is 757. The number of thioether (sulfide) groups is 1. The molecule has 1 aromatic carbocycles. The van der Waals surface area contributed by atoms with Crippen molar-refractivity contribution in [3.63, 3.8) is 0 Å². The van der Waals surface area contributed by atoms with E-state index in [4.69, 9.17) is 15.2 Å². The Kier molecular flexibility index (Phi) is 6.40. The molecule has 0 atom stereocenters. The second-order valence-electron chi connectivity index (χ2n) is 5.63. The first-order valence-electron chi connectivity index (χ1n) is 7.72. The summed E-state index contributed by atoms with van der Waals surface area (Å²) in [5.41, 5.74) is 5.66. The molecule has 0 aromatic heterocycles. The average Bonchev–Trinajstić information content (AvgIpc) is 2.81. The highest BCUT2D eigenvalue weighted by molar-refractivity contribution is 8.18. The smallest absolute Gasteiger partial charge is 0.326 e. The van der Waals surface area contributed by atoms with Crippen molar-refractivity contribution in [3.8, 4) is 5.75 Å². The molecule has 3 amide bonds. The van der Waals surface area contributed by atoms with Crippen molar-refractivity contribution in [2.75, 3.05) is 13.2 Å². The van der Waals surface area contributed by atoms with Gasteiger partial charge in [0.1, 0.15) is 12.3 Å². The zero-order chi connectivity index (χ0) is 19.3. The third-order valence-electron chi connectivity index (χ3n) is 3.09. The Morgan fingerprint density at radius 2 is 1.88 bits per heavy atom. The molecule has 8 nitrogen and oxygen atoms in total. The molecule has 1 aliphatic rings. The molecular formula is C17H18N2O6S. The highest BCUT2D eigenvalue weighted by atomic mass is 32.2. The van der Waals surface area contributed by atoms with E-state index in [1.165, 1.54) is 6.08 Å². The molecule has 1 aliphatic heterocycles. The Labute approximate surface area is 154 Å². The van der Waals surface area contributed by atoms with Gasteiger partial charge < -0.3 is 15.2 Å².